The zero-order valence-electron chi connectivity index (χ0n) is 10.8. The van der Waals surface area contributed by atoms with Gasteiger partial charge in [0, 0.05) is 0 Å². The van der Waals surface area contributed by atoms with Gasteiger partial charge in [-0.25, -0.2) is 8.42 Å². The van der Waals surface area contributed by atoms with E-state index in [1.54, 1.807) is 24.3 Å². The van der Waals surface area contributed by atoms with E-state index in [0.29, 0.717) is 23.1 Å². The second kappa shape index (κ2) is 5.40. The number of fused-ring (bicyclic) bond motifs is 1. The maximum absolute atomic E-state index is 12.8. The Labute approximate surface area is 132 Å². The van der Waals surface area contributed by atoms with Crippen LogP contribution < -0.4 is 9.04 Å². The van der Waals surface area contributed by atoms with Crippen LogP contribution in [0.3, 0.4) is 0 Å². The van der Waals surface area contributed by atoms with E-state index in [9.17, 15) is 8.42 Å². The molecule has 0 saturated heterocycles. The normalized spacial score (nSPS) is 14.5. The summed E-state index contributed by atoms with van der Waals surface area (Å²) in [5, 5.41) is 0.525. The highest BCUT2D eigenvalue weighted by molar-refractivity contribution is 7.92. The minimum absolute atomic E-state index is 0.105. The van der Waals surface area contributed by atoms with Crippen LogP contribution in [0.1, 0.15) is 0 Å². The van der Waals surface area contributed by atoms with Crippen molar-refractivity contribution in [3.63, 3.8) is 0 Å². The van der Waals surface area contributed by atoms with E-state index in [1.165, 1.54) is 22.5 Å². The number of benzene rings is 2. The van der Waals surface area contributed by atoms with E-state index in [0.717, 1.165) is 0 Å². The van der Waals surface area contributed by atoms with Crippen LogP contribution in [0.25, 0.3) is 0 Å². The van der Waals surface area contributed by atoms with Gasteiger partial charge >= 0.3 is 0 Å². The van der Waals surface area contributed by atoms with Crippen LogP contribution in [-0.2, 0) is 10.0 Å². The molecule has 0 unspecified atom stereocenters. The zero-order valence-corrected chi connectivity index (χ0v) is 13.1. The molecule has 0 amide bonds. The molecule has 21 heavy (non-hydrogen) atoms. The lowest BCUT2D eigenvalue weighted by molar-refractivity contribution is 0.316. The number of hydrogen-bond acceptors (Lipinski definition) is 3. The fourth-order valence-electron chi connectivity index (χ4n) is 2.16. The molecule has 0 N–H and O–H groups in total. The molecule has 0 bridgehead atoms. The van der Waals surface area contributed by atoms with Crippen LogP contribution in [-0.4, -0.2) is 21.6 Å². The first-order chi connectivity index (χ1) is 10.00. The molecule has 0 saturated carbocycles. The summed E-state index contributed by atoms with van der Waals surface area (Å²) in [5.74, 6) is 0.549. The van der Waals surface area contributed by atoms with Crippen LogP contribution >= 0.6 is 23.2 Å². The Kier molecular flexibility index (Phi) is 3.73. The van der Waals surface area contributed by atoms with E-state index >= 15 is 0 Å². The van der Waals surface area contributed by atoms with E-state index in [2.05, 4.69) is 0 Å². The van der Waals surface area contributed by atoms with Crippen molar-refractivity contribution in [3.8, 4) is 5.75 Å². The molecule has 110 valence electrons. The molecule has 3 rings (SSSR count). The lowest BCUT2D eigenvalue weighted by Gasteiger charge is -2.30. The fourth-order valence-corrected chi connectivity index (χ4v) is 4.01. The summed E-state index contributed by atoms with van der Waals surface area (Å²) >= 11 is 11.8. The Bertz CT molecular complexity index is 793. The number of ether oxygens (including phenoxy) is 1. The van der Waals surface area contributed by atoms with E-state index < -0.39 is 10.0 Å². The number of para-hydroxylation sites is 2. The predicted molar refractivity (Wildman–Crippen MR) is 82.9 cm³/mol. The number of hydrogen-bond donors (Lipinski definition) is 0. The van der Waals surface area contributed by atoms with Gasteiger partial charge in [-0.05, 0) is 30.3 Å². The quantitative estimate of drug-likeness (QED) is 0.837. The second-order valence-corrected chi connectivity index (χ2v) is 7.15. The lowest BCUT2D eigenvalue weighted by atomic mass is 10.2. The number of rotatable bonds is 2. The first-order valence-electron chi connectivity index (χ1n) is 6.20. The van der Waals surface area contributed by atoms with Gasteiger partial charge in [-0.15, -0.1) is 0 Å². The largest absolute Gasteiger partial charge is 0.489 e. The van der Waals surface area contributed by atoms with Crippen molar-refractivity contribution in [1.29, 1.82) is 0 Å². The van der Waals surface area contributed by atoms with Crippen molar-refractivity contribution in [2.24, 2.45) is 0 Å². The molecular formula is C14H11Cl2NO3S. The third-order valence-electron chi connectivity index (χ3n) is 3.16. The van der Waals surface area contributed by atoms with Crippen molar-refractivity contribution in [3.05, 3.63) is 52.5 Å². The fraction of sp³-hybridized carbons (Fsp3) is 0.143. The van der Waals surface area contributed by atoms with Gasteiger partial charge in [0.15, 0.2) is 0 Å². The van der Waals surface area contributed by atoms with Crippen molar-refractivity contribution in [2.45, 2.75) is 4.90 Å². The summed E-state index contributed by atoms with van der Waals surface area (Å²) in [6.07, 6.45) is 0. The predicted octanol–water partition coefficient (Wildman–Crippen LogP) is 3.58. The molecule has 0 fully saturated rings. The van der Waals surface area contributed by atoms with Gasteiger partial charge in [0.1, 0.15) is 12.4 Å². The topological polar surface area (TPSA) is 46.6 Å². The number of sulfonamides is 1. The number of halogens is 2. The van der Waals surface area contributed by atoms with Gasteiger partial charge in [-0.2, -0.15) is 0 Å². The number of nitrogens with zero attached hydrogens (tertiary/aromatic N) is 1. The molecule has 0 aliphatic carbocycles. The number of anilines is 1. The summed E-state index contributed by atoms with van der Waals surface area (Å²) in [5.41, 5.74) is 0.523. The highest BCUT2D eigenvalue weighted by Crippen LogP contribution is 2.35. The van der Waals surface area contributed by atoms with Gasteiger partial charge in [0.05, 0.1) is 27.2 Å². The summed E-state index contributed by atoms with van der Waals surface area (Å²) in [4.78, 5) is 0.105. The molecule has 1 aliphatic heterocycles. The lowest BCUT2D eigenvalue weighted by Crippen LogP contribution is -2.37. The first-order valence-corrected chi connectivity index (χ1v) is 8.39. The molecule has 0 radical (unpaired) electrons. The zero-order chi connectivity index (χ0) is 15.0. The van der Waals surface area contributed by atoms with Gasteiger partial charge in [-0.1, -0.05) is 35.3 Å². The Hall–Kier alpha value is -1.43. The minimum Gasteiger partial charge on any atom is -0.489 e. The van der Waals surface area contributed by atoms with Gasteiger partial charge in [0.25, 0.3) is 10.0 Å². The summed E-state index contributed by atoms with van der Waals surface area (Å²) in [6, 6.07) is 11.3. The van der Waals surface area contributed by atoms with Crippen molar-refractivity contribution in [1.82, 2.24) is 0 Å². The smallest absolute Gasteiger partial charge is 0.264 e. The average molecular weight is 344 g/mol. The molecule has 0 atom stereocenters. The Morgan fingerprint density at radius 1 is 1.05 bits per heavy atom. The third-order valence-corrected chi connectivity index (χ3v) is 5.71. The Morgan fingerprint density at radius 3 is 2.57 bits per heavy atom. The summed E-state index contributed by atoms with van der Waals surface area (Å²) < 4.78 is 32.4. The third kappa shape index (κ3) is 2.57. The molecule has 2 aromatic rings. The molecule has 2 aromatic carbocycles. The highest BCUT2D eigenvalue weighted by Gasteiger charge is 2.30. The second-order valence-electron chi connectivity index (χ2n) is 4.47. The minimum atomic E-state index is -3.70. The van der Waals surface area contributed by atoms with Gasteiger partial charge in [-0.3, -0.25) is 4.31 Å². The summed E-state index contributed by atoms with van der Waals surface area (Å²) in [6.45, 7) is 0.553. The van der Waals surface area contributed by atoms with Crippen LogP contribution in [0.5, 0.6) is 5.75 Å². The maximum Gasteiger partial charge on any atom is 0.264 e. The van der Waals surface area contributed by atoms with E-state index in [4.69, 9.17) is 27.9 Å². The van der Waals surface area contributed by atoms with Gasteiger partial charge in [0.2, 0.25) is 0 Å². The van der Waals surface area contributed by atoms with Crippen LogP contribution in [0.2, 0.25) is 10.0 Å². The standard InChI is InChI=1S/C14H11Cl2NO3S/c15-11-6-5-10(9-12(11)16)21(18,19)17-7-8-20-14-4-2-1-3-13(14)17/h1-6,9H,7-8H2. The van der Waals surface area contributed by atoms with Crippen molar-refractivity contribution < 1.29 is 13.2 Å². The van der Waals surface area contributed by atoms with Crippen LogP contribution in [0.15, 0.2) is 47.4 Å². The van der Waals surface area contributed by atoms with Crippen LogP contribution in [0.4, 0.5) is 5.69 Å². The Morgan fingerprint density at radius 2 is 1.81 bits per heavy atom. The monoisotopic (exact) mass is 343 g/mol. The summed E-state index contributed by atoms with van der Waals surface area (Å²) in [7, 11) is -3.70. The molecule has 7 heteroatoms. The van der Waals surface area contributed by atoms with Crippen molar-refractivity contribution in [2.75, 3.05) is 17.5 Å². The SMILES string of the molecule is O=S(=O)(c1ccc(Cl)c(Cl)c1)N1CCOc2ccccc21. The molecule has 0 spiro atoms. The molecule has 1 heterocycles. The van der Waals surface area contributed by atoms with Gasteiger partial charge < -0.3 is 4.74 Å². The maximum atomic E-state index is 12.8. The highest BCUT2D eigenvalue weighted by atomic mass is 35.5. The first kappa shape index (κ1) is 14.5. The van der Waals surface area contributed by atoms with Crippen molar-refractivity contribution >= 4 is 38.9 Å². The molecule has 4 nitrogen and oxygen atoms in total. The molecular weight excluding hydrogens is 333 g/mol. The Balaban J connectivity index is 2.09. The van der Waals surface area contributed by atoms with Crippen LogP contribution in [0, 0.1) is 0 Å². The van der Waals surface area contributed by atoms with E-state index in [-0.39, 0.29) is 16.5 Å². The molecule has 1 aliphatic rings. The van der Waals surface area contributed by atoms with E-state index in [1.807, 2.05) is 0 Å². The molecule has 0 aromatic heterocycles. The average Bonchev–Trinajstić information content (AvgIpc) is 2.49.